The van der Waals surface area contributed by atoms with E-state index in [1.54, 1.807) is 0 Å². The maximum absolute atomic E-state index is 13.0. The second kappa shape index (κ2) is 61.3. The summed E-state index contributed by atoms with van der Waals surface area (Å²) in [6.45, 7) is 9.54. The van der Waals surface area contributed by atoms with Crippen LogP contribution in [0.15, 0.2) is 0 Å². The Balaban J connectivity index is 5.19. The number of aliphatic hydroxyl groups is 1. The molecule has 17 nitrogen and oxygen atoms in total. The molecule has 0 rings (SSSR count). The second-order valence-electron chi connectivity index (χ2n) is 25.6. The lowest BCUT2D eigenvalue weighted by molar-refractivity contribution is -0.161. The van der Waals surface area contributed by atoms with Gasteiger partial charge in [0.2, 0.25) is 0 Å². The zero-order valence-corrected chi connectivity index (χ0v) is 58.8. The average molecular weight is 1300 g/mol. The van der Waals surface area contributed by atoms with Gasteiger partial charge in [0.05, 0.1) is 26.4 Å². The molecule has 19 heteroatoms. The van der Waals surface area contributed by atoms with Gasteiger partial charge in [0.1, 0.15) is 19.3 Å². The molecule has 6 atom stereocenters. The van der Waals surface area contributed by atoms with Crippen LogP contribution in [0.5, 0.6) is 0 Å². The summed E-state index contributed by atoms with van der Waals surface area (Å²) in [6, 6.07) is 0. The molecule has 0 aliphatic carbocycles. The number of ether oxygens (including phenoxy) is 4. The summed E-state index contributed by atoms with van der Waals surface area (Å²) in [6.07, 6.45) is 45.9. The fourth-order valence-electron chi connectivity index (χ4n) is 10.4. The van der Waals surface area contributed by atoms with Crippen LogP contribution in [0.1, 0.15) is 350 Å². The fraction of sp³-hybridized carbons (Fsp3) is 0.942. The molecule has 0 aliphatic heterocycles. The van der Waals surface area contributed by atoms with E-state index in [0.717, 1.165) is 115 Å². The molecule has 3 unspecified atom stereocenters. The van der Waals surface area contributed by atoms with Crippen molar-refractivity contribution in [3.05, 3.63) is 0 Å². The molecule has 0 aromatic rings. The number of unbranched alkanes of at least 4 members (excludes halogenated alkanes) is 37. The molecule has 0 saturated carbocycles. The van der Waals surface area contributed by atoms with Crippen molar-refractivity contribution in [3.8, 4) is 0 Å². The Morgan fingerprint density at radius 2 is 0.580 bits per heavy atom. The maximum Gasteiger partial charge on any atom is 0.472 e. The lowest BCUT2D eigenvalue weighted by atomic mass is 9.99. The highest BCUT2D eigenvalue weighted by Gasteiger charge is 2.30. The molecule has 522 valence electrons. The molecule has 0 aromatic carbocycles. The van der Waals surface area contributed by atoms with E-state index in [4.69, 9.17) is 37.0 Å². The van der Waals surface area contributed by atoms with Crippen LogP contribution < -0.4 is 0 Å². The fourth-order valence-corrected chi connectivity index (χ4v) is 12.0. The van der Waals surface area contributed by atoms with Gasteiger partial charge in [0.25, 0.3) is 0 Å². The van der Waals surface area contributed by atoms with Crippen molar-refractivity contribution in [1.29, 1.82) is 0 Å². The Morgan fingerprint density at radius 1 is 0.330 bits per heavy atom. The molecule has 3 N–H and O–H groups in total. The predicted molar refractivity (Wildman–Crippen MR) is 354 cm³/mol. The largest absolute Gasteiger partial charge is 0.472 e. The molecule has 0 radical (unpaired) electrons. The molecular weight excluding hydrogens is 1160 g/mol. The number of hydrogen-bond donors (Lipinski definition) is 3. The molecule has 0 amide bonds. The first-order chi connectivity index (χ1) is 42.4. The van der Waals surface area contributed by atoms with E-state index in [1.807, 2.05) is 0 Å². The third-order valence-corrected chi connectivity index (χ3v) is 18.2. The number of carbonyl (C=O) groups excluding carboxylic acids is 4. The van der Waals surface area contributed by atoms with Crippen LogP contribution in [0, 0.1) is 11.8 Å². The van der Waals surface area contributed by atoms with Gasteiger partial charge in [0.15, 0.2) is 12.2 Å². The van der Waals surface area contributed by atoms with Crippen molar-refractivity contribution in [2.24, 2.45) is 11.8 Å². The Labute approximate surface area is 537 Å². The van der Waals surface area contributed by atoms with E-state index in [9.17, 15) is 43.2 Å². The van der Waals surface area contributed by atoms with Gasteiger partial charge < -0.3 is 33.8 Å². The number of hydrogen-bond acceptors (Lipinski definition) is 15. The van der Waals surface area contributed by atoms with E-state index in [1.165, 1.54) is 154 Å². The molecule has 0 aliphatic rings. The summed E-state index contributed by atoms with van der Waals surface area (Å²) in [5, 5.41) is 10.6. The number of rotatable bonds is 68. The van der Waals surface area contributed by atoms with E-state index in [-0.39, 0.29) is 25.7 Å². The minimum atomic E-state index is -4.95. The summed E-state index contributed by atoms with van der Waals surface area (Å²) in [7, 11) is -9.89. The van der Waals surface area contributed by atoms with Crippen LogP contribution in [-0.4, -0.2) is 96.7 Å². The highest BCUT2D eigenvalue weighted by molar-refractivity contribution is 7.47. The van der Waals surface area contributed by atoms with Crippen molar-refractivity contribution in [2.75, 3.05) is 39.6 Å². The quantitative estimate of drug-likeness (QED) is 0.0222. The van der Waals surface area contributed by atoms with E-state index < -0.39 is 97.5 Å². The predicted octanol–water partition coefficient (Wildman–Crippen LogP) is 19.6. The smallest absolute Gasteiger partial charge is 0.462 e. The molecular formula is C69H134O17P2. The zero-order valence-electron chi connectivity index (χ0n) is 57.0. The second-order valence-corrected chi connectivity index (χ2v) is 28.5. The Kier molecular flexibility index (Phi) is 59.9. The van der Waals surface area contributed by atoms with Gasteiger partial charge in [-0.1, -0.05) is 298 Å². The molecule has 0 fully saturated rings. The molecule has 88 heavy (non-hydrogen) atoms. The summed E-state index contributed by atoms with van der Waals surface area (Å²) < 4.78 is 68.1. The van der Waals surface area contributed by atoms with Gasteiger partial charge in [-0.05, 0) is 37.5 Å². The summed E-state index contributed by atoms with van der Waals surface area (Å²) in [5.41, 5.74) is 0. The zero-order chi connectivity index (χ0) is 65.0. The van der Waals surface area contributed by atoms with Crippen LogP contribution in [0.2, 0.25) is 0 Å². The van der Waals surface area contributed by atoms with Crippen LogP contribution in [0.4, 0.5) is 0 Å². The Hall–Kier alpha value is -1.94. The molecule has 0 aromatic heterocycles. The van der Waals surface area contributed by atoms with Crippen molar-refractivity contribution in [1.82, 2.24) is 0 Å². The van der Waals surface area contributed by atoms with Crippen molar-refractivity contribution in [2.45, 2.75) is 368 Å². The first-order valence-corrected chi connectivity index (χ1v) is 39.0. The lowest BCUT2D eigenvalue weighted by Crippen LogP contribution is -2.30. The number of phosphoric ester groups is 2. The standard InChI is InChI=1S/C69H134O17P2/c1-7-10-12-14-16-33-39-45-51-66(71)79-57-64(85-68(73)53-47-41-34-17-15-13-11-8-2)59-83-87(75,76)81-55-63(70)56-82-88(77,78)84-60-65(58-80-67(72)52-46-40-35-29-26-22-23-27-31-37-43-49-61(4)5)86-69(74)54-48-42-36-30-25-21-19-18-20-24-28-32-38-44-50-62(6)9-3/h61-65,70H,7-60H2,1-6H3,(H,75,76)(H,77,78)/t62?,63-,64+,65+/m0/s1. The summed E-state index contributed by atoms with van der Waals surface area (Å²) in [4.78, 5) is 72.3. The number of carbonyl (C=O) groups is 4. The summed E-state index contributed by atoms with van der Waals surface area (Å²) >= 11 is 0. The third-order valence-electron chi connectivity index (χ3n) is 16.3. The first-order valence-electron chi connectivity index (χ1n) is 36.0. The third kappa shape index (κ3) is 61.6. The van der Waals surface area contributed by atoms with Gasteiger partial charge in [-0.2, -0.15) is 0 Å². The van der Waals surface area contributed by atoms with E-state index in [2.05, 4.69) is 41.5 Å². The van der Waals surface area contributed by atoms with Gasteiger partial charge >= 0.3 is 39.5 Å². The number of phosphoric acid groups is 2. The molecule has 0 spiro atoms. The highest BCUT2D eigenvalue weighted by atomic mass is 31.2. The molecule has 0 bridgehead atoms. The maximum atomic E-state index is 13.0. The SMILES string of the molecule is CCCCCCCCCCC(=O)OC[C@H](COP(=O)(O)OC[C@H](O)COP(=O)(O)OC[C@@H](COC(=O)CCCCCCCCCCCCCC(C)C)OC(=O)CCCCCCCCCCCCCCCCC(C)CC)OC(=O)CCCCCCCCCC. The molecule has 0 saturated heterocycles. The normalized spacial score (nSPS) is 14.5. The molecule has 0 heterocycles. The van der Waals surface area contributed by atoms with Crippen LogP contribution in [-0.2, 0) is 65.4 Å². The topological polar surface area (TPSA) is 237 Å². The van der Waals surface area contributed by atoms with Crippen LogP contribution in [0.25, 0.3) is 0 Å². The van der Waals surface area contributed by atoms with Gasteiger partial charge in [0, 0.05) is 25.7 Å². The van der Waals surface area contributed by atoms with Crippen LogP contribution >= 0.6 is 15.6 Å². The lowest BCUT2D eigenvalue weighted by Gasteiger charge is -2.21. The van der Waals surface area contributed by atoms with Gasteiger partial charge in [-0.25, -0.2) is 9.13 Å². The highest BCUT2D eigenvalue weighted by Crippen LogP contribution is 2.45. The summed E-state index contributed by atoms with van der Waals surface area (Å²) in [5.74, 6) is -0.513. The van der Waals surface area contributed by atoms with E-state index >= 15 is 0 Å². The van der Waals surface area contributed by atoms with Crippen molar-refractivity contribution in [3.63, 3.8) is 0 Å². The van der Waals surface area contributed by atoms with Crippen molar-refractivity contribution >= 4 is 39.5 Å². The van der Waals surface area contributed by atoms with Crippen LogP contribution in [0.3, 0.4) is 0 Å². The monoisotopic (exact) mass is 1300 g/mol. The number of esters is 4. The van der Waals surface area contributed by atoms with E-state index in [0.29, 0.717) is 25.7 Å². The average Bonchev–Trinajstić information content (AvgIpc) is 3.63. The van der Waals surface area contributed by atoms with Gasteiger partial charge in [-0.3, -0.25) is 37.3 Å². The Morgan fingerprint density at radius 3 is 0.864 bits per heavy atom. The van der Waals surface area contributed by atoms with Gasteiger partial charge in [-0.15, -0.1) is 0 Å². The Bertz CT molecular complexity index is 1720. The minimum Gasteiger partial charge on any atom is -0.462 e. The first kappa shape index (κ1) is 86.1. The minimum absolute atomic E-state index is 0.105. The van der Waals surface area contributed by atoms with Crippen molar-refractivity contribution < 1.29 is 80.2 Å². The number of aliphatic hydroxyl groups excluding tert-OH is 1.